The summed E-state index contributed by atoms with van der Waals surface area (Å²) in [5, 5.41) is 8.75. The summed E-state index contributed by atoms with van der Waals surface area (Å²) >= 11 is 0. The summed E-state index contributed by atoms with van der Waals surface area (Å²) in [6.07, 6.45) is -5.98. The van der Waals surface area contributed by atoms with E-state index in [0.29, 0.717) is 0 Å². The maximum absolute atomic E-state index is 11.9. The van der Waals surface area contributed by atoms with Crippen LogP contribution in [0.25, 0.3) is 0 Å². The van der Waals surface area contributed by atoms with Gasteiger partial charge >= 0.3 is 12.3 Å². The topological polar surface area (TPSA) is 55.8 Å². The summed E-state index contributed by atoms with van der Waals surface area (Å²) in [6.45, 7) is 0. The lowest BCUT2D eigenvalue weighted by Gasteiger charge is -2.12. The first-order chi connectivity index (χ1) is 7.83. The molecule has 1 aromatic rings. The number of methoxy groups -OCH3 is 1. The quantitative estimate of drug-likeness (QED) is 0.891. The van der Waals surface area contributed by atoms with Crippen LogP contribution >= 0.6 is 0 Å². The van der Waals surface area contributed by atoms with Gasteiger partial charge in [0.1, 0.15) is 5.75 Å². The summed E-state index contributed by atoms with van der Waals surface area (Å²) in [5.74, 6) is -1.64. The van der Waals surface area contributed by atoms with Gasteiger partial charge in [0.05, 0.1) is 0 Å². The molecule has 0 saturated carbocycles. The number of ether oxygens (including phenoxy) is 2. The van der Waals surface area contributed by atoms with Crippen molar-refractivity contribution in [2.45, 2.75) is 12.5 Å². The van der Waals surface area contributed by atoms with E-state index < -0.39 is 24.2 Å². The summed E-state index contributed by atoms with van der Waals surface area (Å²) in [4.78, 5) is 10.7. The molecule has 0 aliphatic heterocycles. The van der Waals surface area contributed by atoms with Crippen molar-refractivity contribution in [1.29, 1.82) is 0 Å². The molecule has 94 valence electrons. The maximum Gasteiger partial charge on any atom is 0.573 e. The van der Waals surface area contributed by atoms with Crippen LogP contribution < -0.4 is 4.74 Å². The zero-order valence-corrected chi connectivity index (χ0v) is 8.69. The van der Waals surface area contributed by atoms with Crippen molar-refractivity contribution in [3.05, 3.63) is 29.8 Å². The minimum Gasteiger partial charge on any atom is -0.479 e. The van der Waals surface area contributed by atoms with Crippen LogP contribution in [-0.2, 0) is 9.53 Å². The monoisotopic (exact) mass is 250 g/mol. The summed E-state index contributed by atoms with van der Waals surface area (Å²) in [5.41, 5.74) is 0.231. The second-order valence-electron chi connectivity index (χ2n) is 3.07. The fourth-order valence-corrected chi connectivity index (χ4v) is 1.22. The molecule has 0 heterocycles. The smallest absolute Gasteiger partial charge is 0.479 e. The van der Waals surface area contributed by atoms with Gasteiger partial charge in [-0.05, 0) is 17.7 Å². The highest BCUT2D eigenvalue weighted by Gasteiger charge is 2.31. The van der Waals surface area contributed by atoms with Crippen molar-refractivity contribution in [3.63, 3.8) is 0 Å². The molecule has 0 aromatic heterocycles. The molecule has 0 fully saturated rings. The first-order valence-electron chi connectivity index (χ1n) is 4.45. The summed E-state index contributed by atoms with van der Waals surface area (Å²) in [6, 6.07) is 4.45. The molecule has 0 aliphatic carbocycles. The van der Waals surface area contributed by atoms with Gasteiger partial charge in [-0.2, -0.15) is 0 Å². The zero-order chi connectivity index (χ0) is 13.1. The van der Waals surface area contributed by atoms with Crippen molar-refractivity contribution < 1.29 is 32.5 Å². The molecule has 7 heteroatoms. The number of hydrogen-bond acceptors (Lipinski definition) is 3. The first-order valence-corrected chi connectivity index (χ1v) is 4.45. The predicted molar refractivity (Wildman–Crippen MR) is 50.5 cm³/mol. The van der Waals surface area contributed by atoms with Crippen molar-refractivity contribution >= 4 is 5.97 Å². The number of benzene rings is 1. The van der Waals surface area contributed by atoms with Crippen LogP contribution in [0.15, 0.2) is 24.3 Å². The lowest BCUT2D eigenvalue weighted by Crippen LogP contribution is -2.17. The number of aliphatic carboxylic acids is 1. The van der Waals surface area contributed by atoms with Crippen LogP contribution in [0.5, 0.6) is 5.75 Å². The average Bonchev–Trinajstić information content (AvgIpc) is 2.18. The molecule has 0 spiro atoms. The van der Waals surface area contributed by atoms with Gasteiger partial charge in [-0.15, -0.1) is 13.2 Å². The van der Waals surface area contributed by atoms with Crippen LogP contribution in [0.1, 0.15) is 11.7 Å². The minimum absolute atomic E-state index is 0.231. The lowest BCUT2D eigenvalue weighted by molar-refractivity contribution is -0.274. The maximum atomic E-state index is 11.9. The molecule has 0 radical (unpaired) electrons. The highest BCUT2D eigenvalue weighted by molar-refractivity contribution is 5.74. The van der Waals surface area contributed by atoms with Crippen LogP contribution in [0, 0.1) is 0 Å². The highest BCUT2D eigenvalue weighted by Crippen LogP contribution is 2.25. The lowest BCUT2D eigenvalue weighted by atomic mass is 10.1. The SMILES string of the molecule is CO[C@@H](C(=O)O)c1ccc(OC(F)(F)F)cc1. The van der Waals surface area contributed by atoms with Gasteiger partial charge in [-0.25, -0.2) is 4.79 Å². The van der Waals surface area contributed by atoms with Gasteiger partial charge < -0.3 is 14.6 Å². The Kier molecular flexibility index (Phi) is 3.95. The van der Waals surface area contributed by atoms with Crippen LogP contribution in [0.3, 0.4) is 0 Å². The second-order valence-corrected chi connectivity index (χ2v) is 3.07. The van der Waals surface area contributed by atoms with E-state index in [0.717, 1.165) is 12.1 Å². The van der Waals surface area contributed by atoms with Gasteiger partial charge in [0.25, 0.3) is 0 Å². The number of halogens is 3. The van der Waals surface area contributed by atoms with Gasteiger partial charge in [-0.1, -0.05) is 12.1 Å². The Morgan fingerprint density at radius 2 is 1.82 bits per heavy atom. The number of carbonyl (C=O) groups is 1. The fraction of sp³-hybridized carbons (Fsp3) is 0.300. The molecule has 0 bridgehead atoms. The molecular weight excluding hydrogens is 241 g/mol. The van der Waals surface area contributed by atoms with E-state index in [4.69, 9.17) is 5.11 Å². The summed E-state index contributed by atoms with van der Waals surface area (Å²) < 4.78 is 43.9. The Morgan fingerprint density at radius 1 is 1.29 bits per heavy atom. The molecule has 0 saturated heterocycles. The van der Waals surface area contributed by atoms with Crippen molar-refractivity contribution in [2.24, 2.45) is 0 Å². The molecule has 1 atom stereocenters. The first kappa shape index (κ1) is 13.3. The standard InChI is InChI=1S/C10H9F3O4/c1-16-8(9(14)15)6-2-4-7(5-3-6)17-10(11,12)13/h2-5,8H,1H3,(H,14,15)/t8-/m1/s1. The third kappa shape index (κ3) is 3.95. The Morgan fingerprint density at radius 3 is 2.18 bits per heavy atom. The Hall–Kier alpha value is -1.76. The fourth-order valence-electron chi connectivity index (χ4n) is 1.22. The molecule has 1 aromatic carbocycles. The minimum atomic E-state index is -4.77. The van der Waals surface area contributed by atoms with Crippen molar-refractivity contribution in [2.75, 3.05) is 7.11 Å². The van der Waals surface area contributed by atoms with E-state index in [1.165, 1.54) is 19.2 Å². The van der Waals surface area contributed by atoms with Gasteiger partial charge in [0.2, 0.25) is 0 Å². The third-order valence-corrected chi connectivity index (χ3v) is 1.88. The Balaban J connectivity index is 2.84. The van der Waals surface area contributed by atoms with E-state index in [-0.39, 0.29) is 5.56 Å². The number of carboxylic acid groups (broad SMARTS) is 1. The third-order valence-electron chi connectivity index (χ3n) is 1.88. The average molecular weight is 250 g/mol. The molecule has 0 amide bonds. The van der Waals surface area contributed by atoms with Gasteiger partial charge in [0, 0.05) is 7.11 Å². The van der Waals surface area contributed by atoms with E-state index in [1.54, 1.807) is 0 Å². The Bertz CT molecular complexity index is 386. The molecule has 1 N–H and O–H groups in total. The van der Waals surface area contributed by atoms with E-state index >= 15 is 0 Å². The largest absolute Gasteiger partial charge is 0.573 e. The molecule has 0 unspecified atom stereocenters. The zero-order valence-electron chi connectivity index (χ0n) is 8.69. The van der Waals surface area contributed by atoms with Gasteiger partial charge in [0.15, 0.2) is 6.10 Å². The van der Waals surface area contributed by atoms with E-state index in [9.17, 15) is 18.0 Å². The highest BCUT2D eigenvalue weighted by atomic mass is 19.4. The van der Waals surface area contributed by atoms with E-state index in [1.807, 2.05) is 0 Å². The molecule has 4 nitrogen and oxygen atoms in total. The number of rotatable bonds is 4. The predicted octanol–water partition coefficient (Wildman–Crippen LogP) is 2.36. The molecule has 17 heavy (non-hydrogen) atoms. The van der Waals surface area contributed by atoms with Crippen LogP contribution in [0.2, 0.25) is 0 Å². The molecular formula is C10H9F3O4. The van der Waals surface area contributed by atoms with Crippen LogP contribution in [0.4, 0.5) is 13.2 Å². The molecule has 0 aliphatic rings. The Labute approximate surface area is 94.6 Å². The van der Waals surface area contributed by atoms with Crippen LogP contribution in [-0.4, -0.2) is 24.5 Å². The normalized spacial score (nSPS) is 13.2. The van der Waals surface area contributed by atoms with Crippen molar-refractivity contribution in [3.8, 4) is 5.75 Å². The second kappa shape index (κ2) is 5.05. The van der Waals surface area contributed by atoms with E-state index in [2.05, 4.69) is 9.47 Å². The van der Waals surface area contributed by atoms with Crippen molar-refractivity contribution in [1.82, 2.24) is 0 Å². The number of carboxylic acids is 1. The van der Waals surface area contributed by atoms with Gasteiger partial charge in [-0.3, -0.25) is 0 Å². The molecule has 1 rings (SSSR count). The number of hydrogen-bond donors (Lipinski definition) is 1. The summed E-state index contributed by atoms with van der Waals surface area (Å²) in [7, 11) is 1.19. The number of alkyl halides is 3.